The van der Waals surface area contributed by atoms with Crippen LogP contribution in [0.15, 0.2) is 35.8 Å². The lowest BCUT2D eigenvalue weighted by molar-refractivity contribution is 0.135. The van der Waals surface area contributed by atoms with Gasteiger partial charge in [-0.3, -0.25) is 5.32 Å². The van der Waals surface area contributed by atoms with E-state index in [9.17, 15) is 4.79 Å². The zero-order valence-corrected chi connectivity index (χ0v) is 14.1. The highest BCUT2D eigenvalue weighted by molar-refractivity contribution is 7.14. The zero-order valence-electron chi connectivity index (χ0n) is 12.5. The Balaban J connectivity index is 1.41. The molecule has 2 N–H and O–H groups in total. The van der Waals surface area contributed by atoms with Gasteiger partial charge in [-0.2, -0.15) is 0 Å². The van der Waals surface area contributed by atoms with Crippen LogP contribution in [0.2, 0.25) is 5.02 Å². The van der Waals surface area contributed by atoms with Gasteiger partial charge < -0.3 is 10.1 Å². The van der Waals surface area contributed by atoms with Gasteiger partial charge in [-0.05, 0) is 49.3 Å². The number of nitrogens with one attached hydrogen (secondary N) is 2. The molecule has 0 unspecified atom stereocenters. The van der Waals surface area contributed by atoms with E-state index in [1.807, 2.05) is 17.5 Å². The molecule has 1 aliphatic rings. The Morgan fingerprint density at radius 3 is 2.74 bits per heavy atom. The zero-order chi connectivity index (χ0) is 16.1. The number of rotatable bonds is 4. The molecule has 0 saturated heterocycles. The van der Waals surface area contributed by atoms with E-state index in [0.29, 0.717) is 10.9 Å². The van der Waals surface area contributed by atoms with Crippen molar-refractivity contribution in [2.24, 2.45) is 0 Å². The van der Waals surface area contributed by atoms with Crippen LogP contribution < -0.4 is 15.4 Å². The van der Waals surface area contributed by atoms with Crippen molar-refractivity contribution in [2.75, 3.05) is 5.32 Å². The van der Waals surface area contributed by atoms with Gasteiger partial charge in [0, 0.05) is 18.3 Å². The third-order valence-corrected chi connectivity index (χ3v) is 4.76. The summed E-state index contributed by atoms with van der Waals surface area (Å²) in [7, 11) is 0. The number of urea groups is 1. The Hall–Kier alpha value is -1.79. The molecule has 2 heterocycles. The van der Waals surface area contributed by atoms with E-state index in [-0.39, 0.29) is 18.2 Å². The Labute approximate surface area is 144 Å². The molecule has 0 bridgehead atoms. The molecule has 0 aromatic carbocycles. The fraction of sp³-hybridized carbons (Fsp3) is 0.375. The van der Waals surface area contributed by atoms with Crippen LogP contribution in [0.1, 0.15) is 25.7 Å². The van der Waals surface area contributed by atoms with Gasteiger partial charge >= 0.3 is 6.03 Å². The molecule has 3 rings (SSSR count). The molecule has 1 aliphatic carbocycles. The summed E-state index contributed by atoms with van der Waals surface area (Å²) in [4.78, 5) is 16.1. The molecule has 2 aromatic heterocycles. The van der Waals surface area contributed by atoms with Crippen molar-refractivity contribution in [2.45, 2.75) is 37.8 Å². The predicted molar refractivity (Wildman–Crippen MR) is 92.4 cm³/mol. The van der Waals surface area contributed by atoms with Gasteiger partial charge in [0.2, 0.25) is 5.88 Å². The first-order valence-electron chi connectivity index (χ1n) is 7.58. The summed E-state index contributed by atoms with van der Waals surface area (Å²) in [5.41, 5.74) is 0. The summed E-state index contributed by atoms with van der Waals surface area (Å²) in [6.45, 7) is 0. The van der Waals surface area contributed by atoms with Crippen LogP contribution >= 0.6 is 22.9 Å². The highest BCUT2D eigenvalue weighted by Gasteiger charge is 2.24. The Kier molecular flexibility index (Phi) is 5.35. The molecule has 122 valence electrons. The van der Waals surface area contributed by atoms with Crippen LogP contribution in [0, 0.1) is 0 Å². The van der Waals surface area contributed by atoms with E-state index >= 15 is 0 Å². The number of carbonyl (C=O) groups excluding carboxylic acids is 1. The van der Waals surface area contributed by atoms with Crippen LogP contribution in [0.4, 0.5) is 9.80 Å². The topological polar surface area (TPSA) is 63.2 Å². The summed E-state index contributed by atoms with van der Waals surface area (Å²) < 4.78 is 5.85. The van der Waals surface area contributed by atoms with Crippen molar-refractivity contribution >= 4 is 34.0 Å². The van der Waals surface area contributed by atoms with E-state index in [1.54, 1.807) is 18.3 Å². The van der Waals surface area contributed by atoms with Crippen LogP contribution in [-0.2, 0) is 0 Å². The molecular weight excluding hydrogens is 334 g/mol. The van der Waals surface area contributed by atoms with Gasteiger partial charge in [0.1, 0.15) is 6.10 Å². The summed E-state index contributed by atoms with van der Waals surface area (Å²) in [5.74, 6) is 0.598. The fourth-order valence-corrected chi connectivity index (χ4v) is 3.34. The second-order valence-corrected chi connectivity index (χ2v) is 6.87. The normalized spacial score (nSPS) is 20.7. The van der Waals surface area contributed by atoms with Crippen molar-refractivity contribution in [1.82, 2.24) is 10.3 Å². The summed E-state index contributed by atoms with van der Waals surface area (Å²) in [5, 5.41) is 9.24. The van der Waals surface area contributed by atoms with E-state index in [2.05, 4.69) is 15.6 Å². The van der Waals surface area contributed by atoms with Gasteiger partial charge in [-0.15, -0.1) is 11.3 Å². The van der Waals surface area contributed by atoms with Gasteiger partial charge in [-0.25, -0.2) is 9.78 Å². The lowest BCUT2D eigenvalue weighted by Gasteiger charge is -2.29. The first-order valence-corrected chi connectivity index (χ1v) is 8.84. The van der Waals surface area contributed by atoms with Gasteiger partial charge in [0.25, 0.3) is 0 Å². The number of hydrogen-bond donors (Lipinski definition) is 2. The molecular formula is C16H18ClN3O2S. The Bertz CT molecular complexity index is 625. The van der Waals surface area contributed by atoms with E-state index < -0.39 is 0 Å². The minimum Gasteiger partial charge on any atom is -0.474 e. The number of hydrogen-bond acceptors (Lipinski definition) is 4. The molecule has 0 aliphatic heterocycles. The maximum Gasteiger partial charge on any atom is 0.320 e. The number of ether oxygens (including phenoxy) is 1. The molecule has 5 nitrogen and oxygen atoms in total. The van der Waals surface area contributed by atoms with Crippen LogP contribution in [0.25, 0.3) is 0 Å². The van der Waals surface area contributed by atoms with E-state index in [1.165, 1.54) is 11.3 Å². The standard InChI is InChI=1S/C16H18ClN3O2S/c17-11-3-8-14(18-10-11)22-13-6-4-12(5-7-13)19-16(21)20-15-2-1-9-23-15/h1-3,8-10,12-13H,4-7H2,(H2,19,20,21). The minimum absolute atomic E-state index is 0.141. The van der Waals surface area contributed by atoms with Crippen molar-refractivity contribution in [3.8, 4) is 5.88 Å². The number of pyridine rings is 1. The molecule has 0 spiro atoms. The summed E-state index contributed by atoms with van der Waals surface area (Å²) in [6, 6.07) is 7.39. The maximum absolute atomic E-state index is 11.9. The SMILES string of the molecule is O=C(Nc1cccs1)NC1CCC(Oc2ccc(Cl)cn2)CC1. The lowest BCUT2D eigenvalue weighted by atomic mass is 9.93. The highest BCUT2D eigenvalue weighted by atomic mass is 35.5. The van der Waals surface area contributed by atoms with Crippen LogP contribution in [-0.4, -0.2) is 23.2 Å². The highest BCUT2D eigenvalue weighted by Crippen LogP contribution is 2.23. The van der Waals surface area contributed by atoms with E-state index in [0.717, 1.165) is 30.7 Å². The van der Waals surface area contributed by atoms with Gasteiger partial charge in [0.05, 0.1) is 10.0 Å². The third-order valence-electron chi connectivity index (χ3n) is 3.75. The number of anilines is 1. The summed E-state index contributed by atoms with van der Waals surface area (Å²) >= 11 is 7.32. The smallest absolute Gasteiger partial charge is 0.320 e. The average molecular weight is 352 g/mol. The Morgan fingerprint density at radius 2 is 2.09 bits per heavy atom. The second-order valence-electron chi connectivity index (χ2n) is 5.48. The van der Waals surface area contributed by atoms with Crippen LogP contribution in [0.5, 0.6) is 5.88 Å². The van der Waals surface area contributed by atoms with Gasteiger partial charge in [0.15, 0.2) is 0 Å². The second kappa shape index (κ2) is 7.66. The predicted octanol–water partition coefficient (Wildman–Crippen LogP) is 4.31. The number of thiophene rings is 1. The maximum atomic E-state index is 11.9. The number of aromatic nitrogens is 1. The average Bonchev–Trinajstić information content (AvgIpc) is 3.04. The van der Waals surface area contributed by atoms with Crippen LogP contribution in [0.3, 0.4) is 0 Å². The fourth-order valence-electron chi connectivity index (χ4n) is 2.61. The number of carbonyl (C=O) groups is 1. The molecule has 7 heteroatoms. The number of nitrogens with zero attached hydrogens (tertiary/aromatic N) is 1. The first-order chi connectivity index (χ1) is 11.2. The van der Waals surface area contributed by atoms with Crippen molar-refractivity contribution in [3.63, 3.8) is 0 Å². The molecule has 23 heavy (non-hydrogen) atoms. The monoisotopic (exact) mass is 351 g/mol. The lowest BCUT2D eigenvalue weighted by Crippen LogP contribution is -2.41. The largest absolute Gasteiger partial charge is 0.474 e. The minimum atomic E-state index is -0.142. The molecule has 1 saturated carbocycles. The van der Waals surface area contributed by atoms with E-state index in [4.69, 9.17) is 16.3 Å². The van der Waals surface area contributed by atoms with Crippen molar-refractivity contribution in [1.29, 1.82) is 0 Å². The number of amides is 2. The molecule has 0 radical (unpaired) electrons. The summed E-state index contributed by atoms with van der Waals surface area (Å²) in [6.07, 6.45) is 5.32. The third kappa shape index (κ3) is 4.84. The Morgan fingerprint density at radius 1 is 1.26 bits per heavy atom. The first kappa shape index (κ1) is 16.1. The quantitative estimate of drug-likeness (QED) is 0.862. The molecule has 2 aromatic rings. The van der Waals surface area contributed by atoms with Gasteiger partial charge in [-0.1, -0.05) is 11.6 Å². The number of halogens is 1. The van der Waals surface area contributed by atoms with Crippen molar-refractivity contribution < 1.29 is 9.53 Å². The molecule has 2 amide bonds. The van der Waals surface area contributed by atoms with Crippen molar-refractivity contribution in [3.05, 3.63) is 40.9 Å². The molecule has 1 fully saturated rings. The molecule has 0 atom stereocenters.